The molecule has 1 aliphatic carbocycles. The van der Waals surface area contributed by atoms with E-state index >= 15 is 0 Å². The third-order valence-corrected chi connectivity index (χ3v) is 3.64. The maximum absolute atomic E-state index is 11.8. The van der Waals surface area contributed by atoms with Gasteiger partial charge in [-0.05, 0) is 44.4 Å². The SMILES string of the molecule is CC(NC(=O)CNCC1CC1)c1noc(-c2ccccc2)n1.Cl. The van der Waals surface area contributed by atoms with Crippen LogP contribution >= 0.6 is 12.4 Å². The number of nitrogens with zero attached hydrogens (tertiary/aromatic N) is 2. The van der Waals surface area contributed by atoms with Crippen LogP contribution < -0.4 is 10.6 Å². The van der Waals surface area contributed by atoms with Crippen LogP contribution in [0.25, 0.3) is 11.5 Å². The number of carbonyl (C=O) groups is 1. The van der Waals surface area contributed by atoms with Crippen molar-refractivity contribution in [2.45, 2.75) is 25.8 Å². The van der Waals surface area contributed by atoms with E-state index in [0.717, 1.165) is 18.0 Å². The van der Waals surface area contributed by atoms with Gasteiger partial charge in [0.15, 0.2) is 5.82 Å². The zero-order chi connectivity index (χ0) is 15.4. The molecule has 0 bridgehead atoms. The van der Waals surface area contributed by atoms with Crippen molar-refractivity contribution in [3.05, 3.63) is 36.2 Å². The van der Waals surface area contributed by atoms with E-state index in [9.17, 15) is 4.79 Å². The van der Waals surface area contributed by atoms with Crippen molar-refractivity contribution >= 4 is 18.3 Å². The Bertz CT molecular complexity index is 628. The Morgan fingerprint density at radius 3 is 2.78 bits per heavy atom. The van der Waals surface area contributed by atoms with E-state index in [1.807, 2.05) is 37.3 Å². The summed E-state index contributed by atoms with van der Waals surface area (Å²) in [5.41, 5.74) is 0.867. The summed E-state index contributed by atoms with van der Waals surface area (Å²) in [7, 11) is 0. The van der Waals surface area contributed by atoms with Gasteiger partial charge < -0.3 is 15.2 Å². The molecule has 3 rings (SSSR count). The molecular formula is C16H21ClN4O2. The summed E-state index contributed by atoms with van der Waals surface area (Å²) in [5, 5.41) is 9.97. The van der Waals surface area contributed by atoms with E-state index in [0.29, 0.717) is 18.3 Å². The summed E-state index contributed by atoms with van der Waals surface area (Å²) in [6, 6.07) is 9.28. The Hall–Kier alpha value is -1.92. The molecule has 0 aliphatic heterocycles. The quantitative estimate of drug-likeness (QED) is 0.811. The molecule has 6 nitrogen and oxygen atoms in total. The van der Waals surface area contributed by atoms with E-state index in [-0.39, 0.29) is 24.4 Å². The molecule has 1 aromatic heterocycles. The summed E-state index contributed by atoms with van der Waals surface area (Å²) >= 11 is 0. The van der Waals surface area contributed by atoms with E-state index in [4.69, 9.17) is 4.52 Å². The maximum atomic E-state index is 11.8. The largest absolute Gasteiger partial charge is 0.345 e. The highest BCUT2D eigenvalue weighted by Gasteiger charge is 2.21. The third kappa shape index (κ3) is 5.04. The van der Waals surface area contributed by atoms with Crippen LogP contribution in [-0.4, -0.2) is 29.1 Å². The van der Waals surface area contributed by atoms with Gasteiger partial charge in [-0.3, -0.25) is 4.79 Å². The highest BCUT2D eigenvalue weighted by Crippen LogP contribution is 2.27. The topological polar surface area (TPSA) is 80.0 Å². The molecule has 1 unspecified atom stereocenters. The number of amides is 1. The lowest BCUT2D eigenvalue weighted by Gasteiger charge is -2.10. The van der Waals surface area contributed by atoms with Crippen LogP contribution in [0.2, 0.25) is 0 Å². The lowest BCUT2D eigenvalue weighted by atomic mass is 10.2. The molecular weight excluding hydrogens is 316 g/mol. The van der Waals surface area contributed by atoms with Crippen molar-refractivity contribution in [3.8, 4) is 11.5 Å². The van der Waals surface area contributed by atoms with Gasteiger partial charge in [-0.25, -0.2) is 0 Å². The molecule has 1 fully saturated rings. The molecule has 0 spiro atoms. The molecule has 7 heteroatoms. The predicted molar refractivity (Wildman–Crippen MR) is 89.1 cm³/mol. The molecule has 1 aromatic carbocycles. The second-order valence-corrected chi connectivity index (χ2v) is 5.69. The molecule has 124 valence electrons. The minimum absolute atomic E-state index is 0. The molecule has 23 heavy (non-hydrogen) atoms. The average Bonchev–Trinajstić information content (AvgIpc) is 3.21. The molecule has 2 aromatic rings. The Labute approximate surface area is 141 Å². The first-order chi connectivity index (χ1) is 10.7. The number of carbonyl (C=O) groups excluding carboxylic acids is 1. The van der Waals surface area contributed by atoms with Gasteiger partial charge in [0.25, 0.3) is 5.89 Å². The number of hydrogen-bond acceptors (Lipinski definition) is 5. The Morgan fingerprint density at radius 1 is 1.35 bits per heavy atom. The molecule has 1 aliphatic rings. The molecule has 1 amide bonds. The zero-order valence-corrected chi connectivity index (χ0v) is 13.8. The highest BCUT2D eigenvalue weighted by atomic mass is 35.5. The van der Waals surface area contributed by atoms with Crippen molar-refractivity contribution in [2.24, 2.45) is 5.92 Å². The fourth-order valence-electron chi connectivity index (χ4n) is 2.18. The Kier molecular flexibility index (Phi) is 6.12. The van der Waals surface area contributed by atoms with Crippen molar-refractivity contribution in [1.29, 1.82) is 0 Å². The van der Waals surface area contributed by atoms with Crippen LogP contribution in [0.4, 0.5) is 0 Å². The summed E-state index contributed by atoms with van der Waals surface area (Å²) in [6.07, 6.45) is 2.55. The first-order valence-corrected chi connectivity index (χ1v) is 7.61. The highest BCUT2D eigenvalue weighted by molar-refractivity contribution is 5.85. The van der Waals surface area contributed by atoms with Gasteiger partial charge in [0.1, 0.15) is 0 Å². The maximum Gasteiger partial charge on any atom is 0.257 e. The Balaban J connectivity index is 0.00000192. The monoisotopic (exact) mass is 336 g/mol. The second-order valence-electron chi connectivity index (χ2n) is 5.69. The van der Waals surface area contributed by atoms with Gasteiger partial charge in [-0.1, -0.05) is 23.4 Å². The van der Waals surface area contributed by atoms with Gasteiger partial charge >= 0.3 is 0 Å². The summed E-state index contributed by atoms with van der Waals surface area (Å²) < 4.78 is 5.25. The fraction of sp³-hybridized carbons (Fsp3) is 0.438. The van der Waals surface area contributed by atoms with Gasteiger partial charge in [0, 0.05) is 5.56 Å². The smallest absolute Gasteiger partial charge is 0.257 e. The molecule has 1 saturated carbocycles. The second kappa shape index (κ2) is 8.08. The van der Waals surface area contributed by atoms with Gasteiger partial charge in [-0.15, -0.1) is 12.4 Å². The van der Waals surface area contributed by atoms with E-state index in [1.54, 1.807) is 0 Å². The number of rotatable bonds is 7. The van der Waals surface area contributed by atoms with Crippen LogP contribution in [0.1, 0.15) is 31.6 Å². The molecule has 1 heterocycles. The van der Waals surface area contributed by atoms with Crippen molar-refractivity contribution in [2.75, 3.05) is 13.1 Å². The fourth-order valence-corrected chi connectivity index (χ4v) is 2.18. The zero-order valence-electron chi connectivity index (χ0n) is 13.0. The standard InChI is InChI=1S/C16H20N4O2.ClH/c1-11(18-14(21)10-17-9-12-7-8-12)15-19-16(22-20-15)13-5-3-2-4-6-13;/h2-6,11-12,17H,7-10H2,1H3,(H,18,21);1H. The molecule has 0 saturated heterocycles. The lowest BCUT2D eigenvalue weighted by molar-refractivity contribution is -0.120. The van der Waals surface area contributed by atoms with Crippen molar-refractivity contribution in [1.82, 2.24) is 20.8 Å². The van der Waals surface area contributed by atoms with E-state index < -0.39 is 0 Å². The van der Waals surface area contributed by atoms with Crippen LogP contribution in [0.15, 0.2) is 34.9 Å². The van der Waals surface area contributed by atoms with Crippen LogP contribution in [-0.2, 0) is 4.79 Å². The number of benzene rings is 1. The van der Waals surface area contributed by atoms with Crippen LogP contribution in [0, 0.1) is 5.92 Å². The van der Waals surface area contributed by atoms with Gasteiger partial charge in [0.2, 0.25) is 5.91 Å². The summed E-state index contributed by atoms with van der Waals surface area (Å²) in [4.78, 5) is 16.2. The normalized spacial score (nSPS) is 14.8. The summed E-state index contributed by atoms with van der Waals surface area (Å²) in [5.74, 6) is 1.65. The van der Waals surface area contributed by atoms with Crippen molar-refractivity contribution in [3.63, 3.8) is 0 Å². The number of halogens is 1. The third-order valence-electron chi connectivity index (χ3n) is 3.64. The number of hydrogen-bond donors (Lipinski definition) is 2. The minimum atomic E-state index is -0.281. The minimum Gasteiger partial charge on any atom is -0.345 e. The van der Waals surface area contributed by atoms with Gasteiger partial charge in [-0.2, -0.15) is 4.98 Å². The van der Waals surface area contributed by atoms with Crippen LogP contribution in [0.5, 0.6) is 0 Å². The van der Waals surface area contributed by atoms with Crippen LogP contribution in [0.3, 0.4) is 0 Å². The van der Waals surface area contributed by atoms with E-state index in [1.165, 1.54) is 12.8 Å². The van der Waals surface area contributed by atoms with Gasteiger partial charge in [0.05, 0.1) is 12.6 Å². The average molecular weight is 337 g/mol. The molecule has 1 atom stereocenters. The Morgan fingerprint density at radius 2 is 2.09 bits per heavy atom. The van der Waals surface area contributed by atoms with E-state index in [2.05, 4.69) is 20.8 Å². The predicted octanol–water partition coefficient (Wildman–Crippen LogP) is 2.34. The number of aromatic nitrogens is 2. The summed E-state index contributed by atoms with van der Waals surface area (Å²) in [6.45, 7) is 3.09. The first kappa shape index (κ1) is 17.4. The number of nitrogens with one attached hydrogen (secondary N) is 2. The first-order valence-electron chi connectivity index (χ1n) is 7.61. The molecule has 2 N–H and O–H groups in total. The van der Waals surface area contributed by atoms with Crippen molar-refractivity contribution < 1.29 is 9.32 Å². The molecule has 0 radical (unpaired) electrons. The lowest BCUT2D eigenvalue weighted by Crippen LogP contribution is -2.36.